The van der Waals surface area contributed by atoms with Crippen molar-refractivity contribution in [2.24, 2.45) is 4.99 Å². The molecule has 0 aliphatic rings. The fourth-order valence-corrected chi connectivity index (χ4v) is 2.22. The van der Waals surface area contributed by atoms with Crippen LogP contribution >= 0.6 is 23.2 Å². The van der Waals surface area contributed by atoms with Crippen LogP contribution in [0.15, 0.2) is 41.4 Å². The van der Waals surface area contributed by atoms with E-state index in [1.54, 1.807) is 30.3 Å². The SMILES string of the molecule is CC(=O)c1ccccc1N=Cc1cc(Cl)cc(Cl)c1O. The van der Waals surface area contributed by atoms with Crippen molar-refractivity contribution in [3.05, 3.63) is 57.6 Å². The first-order valence-corrected chi connectivity index (χ1v) is 6.56. The number of para-hydroxylation sites is 1. The number of phenols is 1. The number of ketones is 1. The molecule has 1 N–H and O–H groups in total. The van der Waals surface area contributed by atoms with Gasteiger partial charge in [0.25, 0.3) is 0 Å². The predicted octanol–water partition coefficient (Wildman–Crippen LogP) is 4.65. The maximum absolute atomic E-state index is 11.5. The van der Waals surface area contributed by atoms with Gasteiger partial charge in [-0.3, -0.25) is 9.79 Å². The molecule has 0 radical (unpaired) electrons. The first kappa shape index (κ1) is 14.6. The van der Waals surface area contributed by atoms with E-state index in [4.69, 9.17) is 23.2 Å². The topological polar surface area (TPSA) is 49.7 Å². The number of aromatic hydroxyl groups is 1. The Labute approximate surface area is 126 Å². The summed E-state index contributed by atoms with van der Waals surface area (Å²) >= 11 is 11.7. The number of halogens is 2. The molecule has 0 amide bonds. The maximum Gasteiger partial charge on any atom is 0.161 e. The van der Waals surface area contributed by atoms with Gasteiger partial charge in [-0.15, -0.1) is 0 Å². The van der Waals surface area contributed by atoms with Crippen LogP contribution in [0.5, 0.6) is 5.75 Å². The van der Waals surface area contributed by atoms with Gasteiger partial charge in [0.05, 0.1) is 10.7 Å². The number of phenolic OH excluding ortho intramolecular Hbond substituents is 1. The minimum Gasteiger partial charge on any atom is -0.506 e. The zero-order valence-corrected chi connectivity index (χ0v) is 12.1. The van der Waals surface area contributed by atoms with E-state index in [1.807, 2.05) is 0 Å². The van der Waals surface area contributed by atoms with Gasteiger partial charge < -0.3 is 5.11 Å². The second-order valence-electron chi connectivity index (χ2n) is 4.16. The van der Waals surface area contributed by atoms with Gasteiger partial charge in [-0.2, -0.15) is 0 Å². The monoisotopic (exact) mass is 307 g/mol. The van der Waals surface area contributed by atoms with Crippen LogP contribution in [-0.2, 0) is 0 Å². The van der Waals surface area contributed by atoms with Crippen LogP contribution in [0, 0.1) is 0 Å². The normalized spacial score (nSPS) is 10.9. The highest BCUT2D eigenvalue weighted by atomic mass is 35.5. The van der Waals surface area contributed by atoms with E-state index in [0.29, 0.717) is 21.8 Å². The van der Waals surface area contributed by atoms with E-state index >= 15 is 0 Å². The molecule has 0 aliphatic carbocycles. The van der Waals surface area contributed by atoms with Crippen molar-refractivity contribution in [2.75, 3.05) is 0 Å². The zero-order valence-electron chi connectivity index (χ0n) is 10.6. The Morgan fingerprint density at radius 3 is 2.65 bits per heavy atom. The van der Waals surface area contributed by atoms with Gasteiger partial charge in [0.2, 0.25) is 0 Å². The number of Topliss-reactive ketones (excluding diaryl/α,β-unsaturated/α-hetero) is 1. The summed E-state index contributed by atoms with van der Waals surface area (Å²) in [5.41, 5.74) is 1.42. The van der Waals surface area contributed by atoms with Crippen molar-refractivity contribution in [1.82, 2.24) is 0 Å². The van der Waals surface area contributed by atoms with E-state index in [0.717, 1.165) is 0 Å². The average molecular weight is 308 g/mol. The van der Waals surface area contributed by atoms with Gasteiger partial charge in [0.1, 0.15) is 5.75 Å². The molecule has 2 aromatic carbocycles. The quantitative estimate of drug-likeness (QED) is 0.662. The first-order chi connectivity index (χ1) is 9.49. The van der Waals surface area contributed by atoms with Crippen LogP contribution in [0.1, 0.15) is 22.8 Å². The number of benzene rings is 2. The van der Waals surface area contributed by atoms with Crippen LogP contribution in [0.25, 0.3) is 0 Å². The second kappa shape index (κ2) is 6.07. The highest BCUT2D eigenvalue weighted by molar-refractivity contribution is 6.36. The number of nitrogens with zero attached hydrogens (tertiary/aromatic N) is 1. The van der Waals surface area contributed by atoms with Crippen molar-refractivity contribution in [3.63, 3.8) is 0 Å². The van der Waals surface area contributed by atoms with Crippen LogP contribution in [0.4, 0.5) is 5.69 Å². The molecule has 0 unspecified atom stereocenters. The highest BCUT2D eigenvalue weighted by Crippen LogP contribution is 2.30. The molecular formula is C15H11Cl2NO2. The van der Waals surface area contributed by atoms with Gasteiger partial charge in [0.15, 0.2) is 5.78 Å². The van der Waals surface area contributed by atoms with Gasteiger partial charge in [-0.05, 0) is 31.2 Å². The largest absolute Gasteiger partial charge is 0.506 e. The van der Waals surface area contributed by atoms with Crippen molar-refractivity contribution >= 4 is 40.9 Å². The van der Waals surface area contributed by atoms with Crippen LogP contribution in [-0.4, -0.2) is 17.1 Å². The molecule has 0 atom stereocenters. The van der Waals surface area contributed by atoms with E-state index in [-0.39, 0.29) is 16.6 Å². The molecule has 0 heterocycles. The molecule has 5 heteroatoms. The molecule has 2 aromatic rings. The van der Waals surface area contributed by atoms with Crippen molar-refractivity contribution < 1.29 is 9.90 Å². The molecular weight excluding hydrogens is 297 g/mol. The summed E-state index contributed by atoms with van der Waals surface area (Å²) < 4.78 is 0. The fourth-order valence-electron chi connectivity index (χ4n) is 1.71. The summed E-state index contributed by atoms with van der Waals surface area (Å²) in [6.45, 7) is 1.47. The summed E-state index contributed by atoms with van der Waals surface area (Å²) in [5, 5.41) is 10.4. The van der Waals surface area contributed by atoms with Gasteiger partial charge >= 0.3 is 0 Å². The third-order valence-corrected chi connectivity index (χ3v) is 3.19. The molecule has 0 fully saturated rings. The number of rotatable bonds is 3. The smallest absolute Gasteiger partial charge is 0.161 e. The van der Waals surface area contributed by atoms with Crippen molar-refractivity contribution in [2.45, 2.75) is 6.92 Å². The summed E-state index contributed by atoms with van der Waals surface area (Å²) in [4.78, 5) is 15.7. The standard InChI is InChI=1S/C15H11Cl2NO2/c1-9(19)12-4-2-3-5-14(12)18-8-10-6-11(16)7-13(17)15(10)20/h2-8,20H,1H3. The Morgan fingerprint density at radius 2 is 1.95 bits per heavy atom. The molecule has 0 saturated carbocycles. The van der Waals surface area contributed by atoms with Gasteiger partial charge in [0, 0.05) is 22.4 Å². The summed E-state index contributed by atoms with van der Waals surface area (Å²) in [7, 11) is 0. The lowest BCUT2D eigenvalue weighted by molar-refractivity contribution is 0.101. The van der Waals surface area contributed by atoms with Crippen molar-refractivity contribution in [3.8, 4) is 5.75 Å². The molecule has 0 saturated heterocycles. The minimum atomic E-state index is -0.0971. The molecule has 0 bridgehead atoms. The molecule has 20 heavy (non-hydrogen) atoms. The van der Waals surface area contributed by atoms with Gasteiger partial charge in [-0.1, -0.05) is 35.3 Å². The molecule has 102 valence electrons. The van der Waals surface area contributed by atoms with E-state index in [9.17, 15) is 9.90 Å². The molecule has 3 nitrogen and oxygen atoms in total. The van der Waals surface area contributed by atoms with Crippen LogP contribution < -0.4 is 0 Å². The number of hydrogen-bond acceptors (Lipinski definition) is 3. The highest BCUT2D eigenvalue weighted by Gasteiger charge is 2.07. The Balaban J connectivity index is 2.42. The number of aliphatic imine (C=N–C) groups is 1. The number of carbonyl (C=O) groups is 1. The van der Waals surface area contributed by atoms with E-state index in [1.165, 1.54) is 19.2 Å². The summed E-state index contributed by atoms with van der Waals surface area (Å²) in [5.74, 6) is -0.175. The third-order valence-electron chi connectivity index (χ3n) is 2.68. The minimum absolute atomic E-state index is 0.0777. The fraction of sp³-hybridized carbons (Fsp3) is 0.0667. The number of hydrogen-bond donors (Lipinski definition) is 1. The summed E-state index contributed by atoms with van der Waals surface area (Å²) in [6, 6.07) is 9.95. The third kappa shape index (κ3) is 3.18. The predicted molar refractivity (Wildman–Crippen MR) is 81.8 cm³/mol. The average Bonchev–Trinajstić information content (AvgIpc) is 2.41. The summed E-state index contributed by atoms with van der Waals surface area (Å²) in [6.07, 6.45) is 1.43. The molecule has 0 spiro atoms. The number of carbonyl (C=O) groups excluding carboxylic acids is 1. The Morgan fingerprint density at radius 1 is 1.25 bits per heavy atom. The van der Waals surface area contributed by atoms with Gasteiger partial charge in [-0.25, -0.2) is 0 Å². The molecule has 2 rings (SSSR count). The Kier molecular flexibility index (Phi) is 4.42. The second-order valence-corrected chi connectivity index (χ2v) is 5.00. The molecule has 0 aliphatic heterocycles. The zero-order chi connectivity index (χ0) is 14.7. The maximum atomic E-state index is 11.5. The van der Waals surface area contributed by atoms with Crippen LogP contribution in [0.2, 0.25) is 10.0 Å². The molecule has 0 aromatic heterocycles. The lowest BCUT2D eigenvalue weighted by Gasteiger charge is -2.04. The Bertz CT molecular complexity index is 696. The van der Waals surface area contributed by atoms with E-state index in [2.05, 4.69) is 4.99 Å². The van der Waals surface area contributed by atoms with E-state index < -0.39 is 0 Å². The Hall–Kier alpha value is -1.84. The first-order valence-electron chi connectivity index (χ1n) is 5.81. The van der Waals surface area contributed by atoms with Crippen molar-refractivity contribution in [1.29, 1.82) is 0 Å². The lowest BCUT2D eigenvalue weighted by atomic mass is 10.1. The van der Waals surface area contributed by atoms with Crippen LogP contribution in [0.3, 0.4) is 0 Å². The lowest BCUT2D eigenvalue weighted by Crippen LogP contribution is -1.92.